The summed E-state index contributed by atoms with van der Waals surface area (Å²) in [6.45, 7) is 6.48. The lowest BCUT2D eigenvalue weighted by atomic mass is 9.98. The van der Waals surface area contributed by atoms with Gasteiger partial charge in [0.05, 0.1) is 0 Å². The lowest BCUT2D eigenvalue weighted by Crippen LogP contribution is -1.87. The minimum atomic E-state index is 0.758. The molecule has 0 saturated carbocycles. The zero-order chi connectivity index (χ0) is 15.1. The van der Waals surface area contributed by atoms with Crippen LogP contribution in [0.2, 0.25) is 10.0 Å². The van der Waals surface area contributed by atoms with E-state index in [0.29, 0.717) is 0 Å². The van der Waals surface area contributed by atoms with Crippen molar-refractivity contribution in [1.82, 2.24) is 0 Å². The minimum Gasteiger partial charge on any atom is -0.0843 e. The third kappa shape index (κ3) is 2.43. The highest BCUT2D eigenvalue weighted by molar-refractivity contribution is 6.31. The predicted molar refractivity (Wildman–Crippen MR) is 92.9 cm³/mol. The maximum Gasteiger partial charge on any atom is 0.0412 e. The predicted octanol–water partition coefficient (Wildman–Crippen LogP) is 6.62. The first-order valence-corrected chi connectivity index (χ1v) is 7.69. The zero-order valence-electron chi connectivity index (χ0n) is 12.3. The van der Waals surface area contributed by atoms with Crippen LogP contribution in [-0.2, 0) is 0 Å². The maximum absolute atomic E-state index is 6.20. The summed E-state index contributed by atoms with van der Waals surface area (Å²) in [6.07, 6.45) is 0. The topological polar surface area (TPSA) is 0 Å². The second-order valence-corrected chi connectivity index (χ2v) is 6.44. The molecule has 0 heterocycles. The van der Waals surface area contributed by atoms with Crippen molar-refractivity contribution in [3.05, 3.63) is 80.3 Å². The van der Waals surface area contributed by atoms with Crippen LogP contribution < -0.4 is 0 Å². The Morgan fingerprint density at radius 2 is 1.43 bits per heavy atom. The van der Waals surface area contributed by atoms with Crippen LogP contribution in [0.1, 0.15) is 37.5 Å². The van der Waals surface area contributed by atoms with Gasteiger partial charge in [0.15, 0.2) is 0 Å². The number of benzene rings is 2. The van der Waals surface area contributed by atoms with Crippen LogP contribution in [0.3, 0.4) is 0 Å². The largest absolute Gasteiger partial charge is 0.0843 e. The molecule has 2 aromatic carbocycles. The Bertz CT molecular complexity index is 774. The van der Waals surface area contributed by atoms with Gasteiger partial charge in [-0.1, -0.05) is 47.0 Å². The molecule has 0 amide bonds. The van der Waals surface area contributed by atoms with E-state index in [9.17, 15) is 0 Å². The summed E-state index contributed by atoms with van der Waals surface area (Å²) in [5.74, 6) is 0. The molecule has 2 heteroatoms. The molecule has 1 aliphatic carbocycles. The summed E-state index contributed by atoms with van der Waals surface area (Å²) >= 11 is 12.2. The molecule has 0 spiro atoms. The molecular formula is C19H16Cl2. The van der Waals surface area contributed by atoms with Crippen molar-refractivity contribution in [2.75, 3.05) is 0 Å². The van der Waals surface area contributed by atoms with Gasteiger partial charge in [-0.05, 0) is 78.4 Å². The lowest BCUT2D eigenvalue weighted by Gasteiger charge is -2.07. The Labute approximate surface area is 135 Å². The molecule has 0 saturated heterocycles. The van der Waals surface area contributed by atoms with Crippen LogP contribution in [0.25, 0.3) is 11.1 Å². The van der Waals surface area contributed by atoms with Crippen LogP contribution in [0.4, 0.5) is 0 Å². The number of allylic oxidation sites excluding steroid dienone is 3. The Morgan fingerprint density at radius 3 is 2.05 bits per heavy atom. The SMILES string of the molecule is CC(C)=C1C(C)=C(c2ccc(Cl)cc2)c2ccc(Cl)cc21. The van der Waals surface area contributed by atoms with Gasteiger partial charge in [0.2, 0.25) is 0 Å². The summed E-state index contributed by atoms with van der Waals surface area (Å²) < 4.78 is 0. The molecule has 0 unspecified atom stereocenters. The summed E-state index contributed by atoms with van der Waals surface area (Å²) in [5, 5.41) is 1.53. The van der Waals surface area contributed by atoms with Gasteiger partial charge in [0.1, 0.15) is 0 Å². The number of hydrogen-bond donors (Lipinski definition) is 0. The van der Waals surface area contributed by atoms with Crippen LogP contribution in [0, 0.1) is 0 Å². The normalized spacial score (nSPS) is 13.7. The molecular weight excluding hydrogens is 299 g/mol. The second kappa shape index (κ2) is 5.36. The Hall–Kier alpha value is -1.50. The second-order valence-electron chi connectivity index (χ2n) is 5.57. The Balaban J connectivity index is 2.30. The quantitative estimate of drug-likeness (QED) is 0.554. The molecule has 3 rings (SSSR count). The van der Waals surface area contributed by atoms with Crippen molar-refractivity contribution in [3.8, 4) is 0 Å². The van der Waals surface area contributed by atoms with Gasteiger partial charge >= 0.3 is 0 Å². The number of halogens is 2. The highest BCUT2D eigenvalue weighted by Crippen LogP contribution is 2.46. The minimum absolute atomic E-state index is 0.758. The van der Waals surface area contributed by atoms with E-state index in [-0.39, 0.29) is 0 Å². The number of hydrogen-bond acceptors (Lipinski definition) is 0. The first kappa shape index (κ1) is 14.4. The molecule has 2 aromatic rings. The van der Waals surface area contributed by atoms with Crippen LogP contribution in [-0.4, -0.2) is 0 Å². The average molecular weight is 315 g/mol. The third-order valence-electron chi connectivity index (χ3n) is 3.90. The van der Waals surface area contributed by atoms with E-state index >= 15 is 0 Å². The lowest BCUT2D eigenvalue weighted by molar-refractivity contribution is 1.37. The van der Waals surface area contributed by atoms with Crippen molar-refractivity contribution >= 4 is 34.3 Å². The molecule has 106 valence electrons. The smallest absolute Gasteiger partial charge is 0.0412 e. The van der Waals surface area contributed by atoms with Gasteiger partial charge in [-0.25, -0.2) is 0 Å². The van der Waals surface area contributed by atoms with Gasteiger partial charge < -0.3 is 0 Å². The van der Waals surface area contributed by atoms with E-state index in [1.54, 1.807) is 0 Å². The van der Waals surface area contributed by atoms with Gasteiger partial charge in [-0.2, -0.15) is 0 Å². The van der Waals surface area contributed by atoms with E-state index < -0.39 is 0 Å². The van der Waals surface area contributed by atoms with Crippen molar-refractivity contribution in [2.45, 2.75) is 20.8 Å². The van der Waals surface area contributed by atoms with Crippen molar-refractivity contribution in [1.29, 1.82) is 0 Å². The Kier molecular flexibility index (Phi) is 3.69. The van der Waals surface area contributed by atoms with Gasteiger partial charge in [-0.3, -0.25) is 0 Å². The summed E-state index contributed by atoms with van der Waals surface area (Å²) in [6, 6.07) is 14.2. The monoisotopic (exact) mass is 314 g/mol. The molecule has 0 fully saturated rings. The van der Waals surface area contributed by atoms with Gasteiger partial charge in [0.25, 0.3) is 0 Å². The zero-order valence-corrected chi connectivity index (χ0v) is 13.8. The van der Waals surface area contributed by atoms with Gasteiger partial charge in [0, 0.05) is 10.0 Å². The van der Waals surface area contributed by atoms with E-state index in [2.05, 4.69) is 45.0 Å². The van der Waals surface area contributed by atoms with Gasteiger partial charge in [-0.15, -0.1) is 0 Å². The fourth-order valence-corrected chi connectivity index (χ4v) is 3.40. The first-order valence-electron chi connectivity index (χ1n) is 6.94. The van der Waals surface area contributed by atoms with E-state index in [1.165, 1.54) is 39.0 Å². The molecule has 21 heavy (non-hydrogen) atoms. The fraction of sp³-hybridized carbons (Fsp3) is 0.158. The molecule has 1 aliphatic rings. The highest BCUT2D eigenvalue weighted by Gasteiger charge is 2.25. The first-order chi connectivity index (χ1) is 9.99. The summed E-state index contributed by atoms with van der Waals surface area (Å²) in [7, 11) is 0. The summed E-state index contributed by atoms with van der Waals surface area (Å²) in [5.41, 5.74) is 8.85. The van der Waals surface area contributed by atoms with Crippen LogP contribution >= 0.6 is 23.2 Å². The van der Waals surface area contributed by atoms with E-state index in [4.69, 9.17) is 23.2 Å². The van der Waals surface area contributed by atoms with Crippen molar-refractivity contribution in [3.63, 3.8) is 0 Å². The summed E-state index contributed by atoms with van der Waals surface area (Å²) in [4.78, 5) is 0. The molecule has 0 radical (unpaired) electrons. The average Bonchev–Trinajstić information content (AvgIpc) is 2.71. The van der Waals surface area contributed by atoms with E-state index in [0.717, 1.165) is 10.0 Å². The fourth-order valence-electron chi connectivity index (χ4n) is 3.10. The van der Waals surface area contributed by atoms with Crippen molar-refractivity contribution < 1.29 is 0 Å². The molecule has 0 N–H and O–H groups in total. The van der Waals surface area contributed by atoms with Crippen LogP contribution in [0.15, 0.2) is 53.6 Å². The van der Waals surface area contributed by atoms with Crippen molar-refractivity contribution in [2.24, 2.45) is 0 Å². The van der Waals surface area contributed by atoms with Crippen LogP contribution in [0.5, 0.6) is 0 Å². The standard InChI is InChI=1S/C19H16Cl2/c1-11(2)18-12(3)19(13-4-6-14(20)7-5-13)16-9-8-15(21)10-17(16)18/h4-10H,1-3H3. The molecule has 0 atom stereocenters. The maximum atomic E-state index is 6.20. The number of rotatable bonds is 1. The highest BCUT2D eigenvalue weighted by atomic mass is 35.5. The van der Waals surface area contributed by atoms with E-state index in [1.807, 2.05) is 18.2 Å². The number of fused-ring (bicyclic) bond motifs is 1. The molecule has 0 bridgehead atoms. The Morgan fingerprint density at radius 1 is 0.810 bits per heavy atom. The third-order valence-corrected chi connectivity index (χ3v) is 4.39. The molecule has 0 nitrogen and oxygen atoms in total. The molecule has 0 aliphatic heterocycles. The molecule has 0 aromatic heterocycles.